The molecule has 0 fully saturated rings. The summed E-state index contributed by atoms with van der Waals surface area (Å²) in [4.78, 5) is 7.43. The van der Waals surface area contributed by atoms with Crippen molar-refractivity contribution in [1.82, 2.24) is 4.98 Å². The van der Waals surface area contributed by atoms with Gasteiger partial charge < -0.3 is 0 Å². The number of fused-ring (bicyclic) bond motifs is 1. The van der Waals surface area contributed by atoms with Crippen molar-refractivity contribution < 1.29 is 0 Å². The van der Waals surface area contributed by atoms with E-state index in [2.05, 4.69) is 78.9 Å². The molecule has 4 aromatic rings. The number of rotatable bonds is 5. The fourth-order valence-corrected chi connectivity index (χ4v) is 4.52. The van der Waals surface area contributed by atoms with Gasteiger partial charge in [0.05, 0.1) is 5.52 Å². The minimum absolute atomic E-state index is 0.914. The highest BCUT2D eigenvalue weighted by Crippen LogP contribution is 2.34. The Morgan fingerprint density at radius 2 is 1.32 bits per heavy atom. The minimum Gasteiger partial charge on any atom is -0.241 e. The number of hydrogen-bond donors (Lipinski definition) is 0. The second kappa shape index (κ2) is 7.77. The maximum absolute atomic E-state index is 4.93. The highest BCUT2D eigenvalue weighted by molar-refractivity contribution is 8.00. The van der Waals surface area contributed by atoms with Gasteiger partial charge >= 0.3 is 0 Å². The molecule has 0 saturated carbocycles. The van der Waals surface area contributed by atoms with Crippen LogP contribution in [0.3, 0.4) is 0 Å². The minimum atomic E-state index is 0.914. The van der Waals surface area contributed by atoms with Gasteiger partial charge in [-0.05, 0) is 42.0 Å². The normalized spacial score (nSPS) is 10.9. The van der Waals surface area contributed by atoms with Crippen LogP contribution in [0.4, 0.5) is 0 Å². The van der Waals surface area contributed by atoms with Crippen molar-refractivity contribution in [3.05, 3.63) is 96.6 Å². The van der Waals surface area contributed by atoms with Crippen molar-refractivity contribution in [2.24, 2.45) is 0 Å². The summed E-state index contributed by atoms with van der Waals surface area (Å²) >= 11 is 3.59. The van der Waals surface area contributed by atoms with Crippen molar-refractivity contribution in [2.75, 3.05) is 0 Å². The molecule has 122 valence electrons. The third-order valence-electron chi connectivity index (χ3n) is 3.86. The average Bonchev–Trinajstić information content (AvgIpc) is 2.68. The Balaban J connectivity index is 1.68. The van der Waals surface area contributed by atoms with Gasteiger partial charge in [-0.2, -0.15) is 0 Å². The van der Waals surface area contributed by atoms with E-state index >= 15 is 0 Å². The first-order chi connectivity index (χ1) is 12.4. The van der Waals surface area contributed by atoms with Crippen molar-refractivity contribution in [1.29, 1.82) is 0 Å². The summed E-state index contributed by atoms with van der Waals surface area (Å²) in [7, 11) is 0. The van der Waals surface area contributed by atoms with E-state index in [1.807, 2.05) is 23.9 Å². The van der Waals surface area contributed by atoms with Gasteiger partial charge in [-0.25, -0.2) is 4.98 Å². The van der Waals surface area contributed by atoms with Gasteiger partial charge in [-0.1, -0.05) is 66.4 Å². The highest BCUT2D eigenvalue weighted by atomic mass is 32.2. The Bertz CT molecular complexity index is 969. The number of nitrogens with zero attached hydrogens (tertiary/aromatic N) is 1. The van der Waals surface area contributed by atoms with E-state index in [1.165, 1.54) is 20.7 Å². The van der Waals surface area contributed by atoms with E-state index in [4.69, 9.17) is 4.98 Å². The van der Waals surface area contributed by atoms with Gasteiger partial charge in [0, 0.05) is 20.9 Å². The van der Waals surface area contributed by atoms with E-state index in [0.29, 0.717) is 0 Å². The third-order valence-corrected chi connectivity index (χ3v) is 5.97. The van der Waals surface area contributed by atoms with Crippen LogP contribution in [0.1, 0.15) is 5.56 Å². The average molecular weight is 360 g/mol. The molecule has 0 bridgehead atoms. The lowest BCUT2D eigenvalue weighted by Crippen LogP contribution is -1.92. The summed E-state index contributed by atoms with van der Waals surface area (Å²) in [5, 5.41) is 2.29. The Labute approximate surface area is 156 Å². The molecule has 0 atom stereocenters. The molecule has 1 heterocycles. The molecular formula is C22H17NS2. The zero-order chi connectivity index (χ0) is 16.9. The second-order valence-electron chi connectivity index (χ2n) is 5.66. The molecule has 0 radical (unpaired) electrons. The summed E-state index contributed by atoms with van der Waals surface area (Å²) in [5.74, 6) is 0.914. The molecule has 0 saturated heterocycles. The quantitative estimate of drug-likeness (QED) is 0.369. The van der Waals surface area contributed by atoms with E-state index in [-0.39, 0.29) is 0 Å². The number of aromatic nitrogens is 1. The van der Waals surface area contributed by atoms with Gasteiger partial charge in [0.15, 0.2) is 0 Å². The van der Waals surface area contributed by atoms with Gasteiger partial charge in [0.25, 0.3) is 0 Å². The van der Waals surface area contributed by atoms with Crippen LogP contribution in [0.5, 0.6) is 0 Å². The molecule has 25 heavy (non-hydrogen) atoms. The lowest BCUT2D eigenvalue weighted by atomic mass is 10.2. The Hall–Kier alpha value is -2.23. The zero-order valence-electron chi connectivity index (χ0n) is 13.6. The van der Waals surface area contributed by atoms with Gasteiger partial charge in [-0.15, -0.1) is 11.8 Å². The third kappa shape index (κ3) is 4.06. The predicted octanol–water partition coefficient (Wildman–Crippen LogP) is 6.68. The van der Waals surface area contributed by atoms with Gasteiger partial charge in [0.1, 0.15) is 5.03 Å². The molecule has 0 aliphatic heterocycles. The Morgan fingerprint density at radius 3 is 2.08 bits per heavy atom. The lowest BCUT2D eigenvalue weighted by Gasteiger charge is -2.10. The molecule has 0 amide bonds. The first kappa shape index (κ1) is 16.2. The van der Waals surface area contributed by atoms with Crippen molar-refractivity contribution >= 4 is 34.4 Å². The molecule has 0 aliphatic rings. The van der Waals surface area contributed by atoms with Crippen LogP contribution in [0.15, 0.2) is 106 Å². The molecule has 0 unspecified atom stereocenters. The number of hydrogen-bond acceptors (Lipinski definition) is 3. The monoisotopic (exact) mass is 359 g/mol. The fourth-order valence-electron chi connectivity index (χ4n) is 2.61. The molecule has 0 N–H and O–H groups in total. The number of benzene rings is 3. The highest BCUT2D eigenvalue weighted by Gasteiger charge is 2.09. The first-order valence-electron chi connectivity index (χ1n) is 8.18. The SMILES string of the molecule is c1ccc(SCc2cc3ccccc3nc2Sc2ccccc2)cc1. The van der Waals surface area contributed by atoms with Crippen LogP contribution in [0.2, 0.25) is 0 Å². The van der Waals surface area contributed by atoms with Crippen molar-refractivity contribution in [3.8, 4) is 0 Å². The van der Waals surface area contributed by atoms with Crippen LogP contribution in [-0.2, 0) is 5.75 Å². The molecule has 1 aromatic heterocycles. The number of para-hydroxylation sites is 1. The maximum atomic E-state index is 4.93. The molecule has 3 aromatic carbocycles. The molecule has 0 aliphatic carbocycles. The standard InChI is InChI=1S/C22H17NS2/c1-3-10-19(11-4-1)24-16-18-15-17-9-7-8-14-21(17)23-22(18)25-20-12-5-2-6-13-20/h1-15H,16H2. The van der Waals surface area contributed by atoms with Gasteiger partial charge in [0.2, 0.25) is 0 Å². The predicted molar refractivity (Wildman–Crippen MR) is 108 cm³/mol. The van der Waals surface area contributed by atoms with Crippen LogP contribution < -0.4 is 0 Å². The zero-order valence-corrected chi connectivity index (χ0v) is 15.3. The summed E-state index contributed by atoms with van der Waals surface area (Å²) in [6, 6.07) is 31.6. The van der Waals surface area contributed by atoms with E-state index in [1.54, 1.807) is 11.8 Å². The second-order valence-corrected chi connectivity index (χ2v) is 7.77. The molecular weight excluding hydrogens is 342 g/mol. The van der Waals surface area contributed by atoms with Crippen molar-refractivity contribution in [3.63, 3.8) is 0 Å². The number of thioether (sulfide) groups is 1. The van der Waals surface area contributed by atoms with Crippen LogP contribution in [-0.4, -0.2) is 4.98 Å². The summed E-state index contributed by atoms with van der Waals surface area (Å²) in [6.45, 7) is 0. The van der Waals surface area contributed by atoms with E-state index in [9.17, 15) is 0 Å². The Morgan fingerprint density at radius 1 is 0.680 bits per heavy atom. The van der Waals surface area contributed by atoms with Crippen LogP contribution in [0, 0.1) is 0 Å². The molecule has 3 heteroatoms. The summed E-state index contributed by atoms with van der Waals surface area (Å²) in [5.41, 5.74) is 2.33. The van der Waals surface area contributed by atoms with E-state index < -0.39 is 0 Å². The van der Waals surface area contributed by atoms with Gasteiger partial charge in [-0.3, -0.25) is 0 Å². The topological polar surface area (TPSA) is 12.9 Å². The van der Waals surface area contributed by atoms with Crippen molar-refractivity contribution in [2.45, 2.75) is 20.6 Å². The Kier molecular flexibility index (Phi) is 5.05. The fraction of sp³-hybridized carbons (Fsp3) is 0.0455. The smallest absolute Gasteiger partial charge is 0.106 e. The molecule has 1 nitrogen and oxygen atoms in total. The summed E-state index contributed by atoms with van der Waals surface area (Å²) in [6.07, 6.45) is 0. The largest absolute Gasteiger partial charge is 0.241 e. The summed E-state index contributed by atoms with van der Waals surface area (Å²) < 4.78 is 0. The first-order valence-corrected chi connectivity index (χ1v) is 9.98. The number of pyridine rings is 1. The van der Waals surface area contributed by atoms with Crippen LogP contribution in [0.25, 0.3) is 10.9 Å². The maximum Gasteiger partial charge on any atom is 0.106 e. The molecule has 4 rings (SSSR count). The van der Waals surface area contributed by atoms with Crippen LogP contribution >= 0.6 is 23.5 Å². The van der Waals surface area contributed by atoms with E-state index in [0.717, 1.165) is 16.3 Å². The molecule has 0 spiro atoms. The lowest BCUT2D eigenvalue weighted by molar-refractivity contribution is 1.11.